The first-order valence-corrected chi connectivity index (χ1v) is 10.0. The minimum atomic E-state index is 0.428. The van der Waals surface area contributed by atoms with E-state index in [0.29, 0.717) is 18.1 Å². The van der Waals surface area contributed by atoms with Crippen molar-refractivity contribution in [3.63, 3.8) is 0 Å². The van der Waals surface area contributed by atoms with E-state index < -0.39 is 0 Å². The van der Waals surface area contributed by atoms with E-state index in [1.807, 2.05) is 43.3 Å². The number of hydrogen-bond donors (Lipinski definition) is 0. The van der Waals surface area contributed by atoms with Gasteiger partial charge in [0.05, 0.1) is 28.4 Å². The molecule has 0 aliphatic carbocycles. The summed E-state index contributed by atoms with van der Waals surface area (Å²) < 4.78 is 28.1. The molecule has 1 heterocycles. The third-order valence-corrected chi connectivity index (χ3v) is 5.62. The van der Waals surface area contributed by atoms with Gasteiger partial charge in [0, 0.05) is 16.7 Å². The van der Waals surface area contributed by atoms with Gasteiger partial charge in [0.2, 0.25) is 0 Å². The van der Waals surface area contributed by atoms with E-state index in [9.17, 15) is 0 Å². The summed E-state index contributed by atoms with van der Waals surface area (Å²) >= 11 is 0. The molecule has 3 aromatic rings. The van der Waals surface area contributed by atoms with Gasteiger partial charge in [0.15, 0.2) is 11.5 Å². The molecule has 0 atom stereocenters. The van der Waals surface area contributed by atoms with Crippen LogP contribution in [-0.4, -0.2) is 35.0 Å². The fraction of sp³-hybridized carbons (Fsp3) is 0.231. The van der Waals surface area contributed by atoms with Crippen LogP contribution in [0.2, 0.25) is 0 Å². The number of fused-ring (bicyclic) bond motifs is 1. The van der Waals surface area contributed by atoms with E-state index in [0.717, 1.165) is 50.6 Å². The molecule has 4 rings (SSSR count). The predicted molar refractivity (Wildman–Crippen MR) is 122 cm³/mol. The Hall–Kier alpha value is -3.60. The average Bonchev–Trinajstić information content (AvgIpc) is 2.83. The normalized spacial score (nSPS) is 12.7. The highest BCUT2D eigenvalue weighted by Gasteiger charge is 2.26. The van der Waals surface area contributed by atoms with E-state index in [-0.39, 0.29) is 0 Å². The highest BCUT2D eigenvalue weighted by atomic mass is 16.5. The number of methoxy groups -OCH3 is 4. The van der Waals surface area contributed by atoms with E-state index >= 15 is 0 Å². The SMILES string of the molecule is COc1ccc(C2=C(c3ccc(OC)c(OC)c3)COc3c2ccc(OC)c3C)cc1. The molecule has 160 valence electrons. The molecule has 0 bridgehead atoms. The van der Waals surface area contributed by atoms with Crippen molar-refractivity contribution in [1.29, 1.82) is 0 Å². The molecule has 31 heavy (non-hydrogen) atoms. The molecule has 0 fully saturated rings. The fourth-order valence-electron chi connectivity index (χ4n) is 4.00. The molecule has 5 nitrogen and oxygen atoms in total. The van der Waals surface area contributed by atoms with Crippen LogP contribution in [0.25, 0.3) is 11.1 Å². The number of rotatable bonds is 6. The second-order valence-electron chi connectivity index (χ2n) is 7.21. The van der Waals surface area contributed by atoms with Crippen LogP contribution >= 0.6 is 0 Å². The minimum Gasteiger partial charge on any atom is -0.497 e. The Bertz CT molecular complexity index is 1130. The topological polar surface area (TPSA) is 46.2 Å². The van der Waals surface area contributed by atoms with E-state index in [1.54, 1.807) is 28.4 Å². The average molecular weight is 418 g/mol. The van der Waals surface area contributed by atoms with Gasteiger partial charge in [-0.05, 0) is 60.0 Å². The summed E-state index contributed by atoms with van der Waals surface area (Å²) in [4.78, 5) is 0. The summed E-state index contributed by atoms with van der Waals surface area (Å²) in [7, 11) is 6.62. The van der Waals surface area contributed by atoms with Crippen LogP contribution in [0.1, 0.15) is 22.3 Å². The molecular formula is C26H26O5. The maximum Gasteiger partial charge on any atom is 0.161 e. The Labute approximate surface area is 182 Å². The van der Waals surface area contributed by atoms with Crippen molar-refractivity contribution in [3.8, 4) is 28.7 Å². The number of benzene rings is 3. The second-order valence-corrected chi connectivity index (χ2v) is 7.21. The summed E-state index contributed by atoms with van der Waals surface area (Å²) in [6.07, 6.45) is 0. The van der Waals surface area contributed by atoms with Crippen molar-refractivity contribution in [2.24, 2.45) is 0 Å². The highest BCUT2D eigenvalue weighted by Crippen LogP contribution is 2.45. The molecule has 0 saturated carbocycles. The first-order valence-electron chi connectivity index (χ1n) is 10.0. The summed E-state index contributed by atoms with van der Waals surface area (Å²) in [6.45, 7) is 2.45. The van der Waals surface area contributed by atoms with Crippen molar-refractivity contribution in [1.82, 2.24) is 0 Å². The maximum absolute atomic E-state index is 6.26. The molecule has 0 amide bonds. The molecule has 0 unspecified atom stereocenters. The van der Waals surface area contributed by atoms with Gasteiger partial charge in [-0.3, -0.25) is 0 Å². The molecule has 1 aliphatic heterocycles. The summed E-state index contributed by atoms with van der Waals surface area (Å²) in [5.74, 6) is 3.83. The third-order valence-electron chi connectivity index (χ3n) is 5.62. The molecule has 0 N–H and O–H groups in total. The molecule has 0 radical (unpaired) electrons. The van der Waals surface area contributed by atoms with E-state index in [2.05, 4.69) is 18.2 Å². The van der Waals surface area contributed by atoms with E-state index in [1.165, 1.54) is 0 Å². The van der Waals surface area contributed by atoms with Gasteiger partial charge in [-0.2, -0.15) is 0 Å². The summed E-state index contributed by atoms with van der Waals surface area (Å²) in [6, 6.07) is 18.1. The van der Waals surface area contributed by atoms with Crippen LogP contribution in [0.4, 0.5) is 0 Å². The lowest BCUT2D eigenvalue weighted by Crippen LogP contribution is -2.13. The quantitative estimate of drug-likeness (QED) is 0.538. The van der Waals surface area contributed by atoms with Crippen molar-refractivity contribution >= 4 is 11.1 Å². The van der Waals surface area contributed by atoms with Crippen LogP contribution in [0.3, 0.4) is 0 Å². The highest BCUT2D eigenvalue weighted by molar-refractivity contribution is 6.02. The first-order chi connectivity index (χ1) is 15.1. The van der Waals surface area contributed by atoms with Gasteiger partial charge >= 0.3 is 0 Å². The summed E-state index contributed by atoms with van der Waals surface area (Å²) in [5, 5.41) is 0. The zero-order chi connectivity index (χ0) is 22.0. The molecule has 5 heteroatoms. The zero-order valence-electron chi connectivity index (χ0n) is 18.4. The van der Waals surface area contributed by atoms with Crippen LogP contribution < -0.4 is 23.7 Å². The lowest BCUT2D eigenvalue weighted by atomic mass is 9.86. The summed E-state index contributed by atoms with van der Waals surface area (Å²) in [5.41, 5.74) is 6.30. The Kier molecular flexibility index (Phi) is 5.76. The molecule has 0 aromatic heterocycles. The fourth-order valence-corrected chi connectivity index (χ4v) is 4.00. The lowest BCUT2D eigenvalue weighted by Gasteiger charge is -2.27. The van der Waals surface area contributed by atoms with Crippen LogP contribution in [0.15, 0.2) is 54.6 Å². The van der Waals surface area contributed by atoms with Gasteiger partial charge in [0.25, 0.3) is 0 Å². The third kappa shape index (κ3) is 3.67. The van der Waals surface area contributed by atoms with Gasteiger partial charge in [-0.1, -0.05) is 18.2 Å². The van der Waals surface area contributed by atoms with Crippen LogP contribution in [0, 0.1) is 6.92 Å². The van der Waals surface area contributed by atoms with Crippen LogP contribution in [-0.2, 0) is 0 Å². The van der Waals surface area contributed by atoms with E-state index in [4.69, 9.17) is 23.7 Å². The Morgan fingerprint density at radius 3 is 1.97 bits per heavy atom. The lowest BCUT2D eigenvalue weighted by molar-refractivity contribution is 0.351. The van der Waals surface area contributed by atoms with Gasteiger partial charge in [-0.15, -0.1) is 0 Å². The second kappa shape index (κ2) is 8.64. The standard InChI is InChI=1S/C26H26O5/c1-16-22(28-3)13-11-20-25(17-6-9-19(27-2)10-7-17)21(15-31-26(16)20)18-8-12-23(29-4)24(14-18)30-5/h6-14H,15H2,1-5H3. The zero-order valence-corrected chi connectivity index (χ0v) is 18.4. The maximum atomic E-state index is 6.26. The molecule has 0 spiro atoms. The minimum absolute atomic E-state index is 0.428. The van der Waals surface area contributed by atoms with Gasteiger partial charge < -0.3 is 23.7 Å². The molecule has 1 aliphatic rings. The Balaban J connectivity index is 1.97. The van der Waals surface area contributed by atoms with Crippen LogP contribution in [0.5, 0.6) is 28.7 Å². The molecule has 3 aromatic carbocycles. The first kappa shape index (κ1) is 20.7. The molecular weight excluding hydrogens is 392 g/mol. The predicted octanol–water partition coefficient (Wildman–Crippen LogP) is 5.38. The Morgan fingerprint density at radius 1 is 0.677 bits per heavy atom. The smallest absolute Gasteiger partial charge is 0.161 e. The largest absolute Gasteiger partial charge is 0.497 e. The monoisotopic (exact) mass is 418 g/mol. The number of ether oxygens (including phenoxy) is 5. The molecule has 0 saturated heterocycles. The van der Waals surface area contributed by atoms with Crippen molar-refractivity contribution in [3.05, 3.63) is 76.9 Å². The Morgan fingerprint density at radius 2 is 1.32 bits per heavy atom. The van der Waals surface area contributed by atoms with Gasteiger partial charge in [0.1, 0.15) is 23.9 Å². The van der Waals surface area contributed by atoms with Gasteiger partial charge in [-0.25, -0.2) is 0 Å². The van der Waals surface area contributed by atoms with Crippen molar-refractivity contribution < 1.29 is 23.7 Å². The number of hydrogen-bond acceptors (Lipinski definition) is 5. The van der Waals surface area contributed by atoms with Crippen molar-refractivity contribution in [2.75, 3.05) is 35.0 Å². The van der Waals surface area contributed by atoms with Crippen molar-refractivity contribution in [2.45, 2.75) is 6.92 Å².